The molecule has 1 N–H and O–H groups in total. The predicted molar refractivity (Wildman–Crippen MR) is 129 cm³/mol. The maximum atomic E-state index is 13.4. The summed E-state index contributed by atoms with van der Waals surface area (Å²) in [5.41, 5.74) is 0.863. The Balaban J connectivity index is 1.37. The second-order valence-corrected chi connectivity index (χ2v) is 10.9. The van der Waals surface area contributed by atoms with E-state index in [1.807, 2.05) is 11.4 Å². The molecule has 0 bridgehead atoms. The molecule has 2 aromatic rings. The van der Waals surface area contributed by atoms with Gasteiger partial charge in [0.2, 0.25) is 5.91 Å². The highest BCUT2D eigenvalue weighted by Gasteiger charge is 2.43. The van der Waals surface area contributed by atoms with Gasteiger partial charge in [-0.3, -0.25) is 9.69 Å². The summed E-state index contributed by atoms with van der Waals surface area (Å²) < 4.78 is 40.2. The van der Waals surface area contributed by atoms with Gasteiger partial charge in [0.15, 0.2) is 0 Å². The molecule has 1 amide bonds. The van der Waals surface area contributed by atoms with Crippen molar-refractivity contribution in [3.05, 3.63) is 51.7 Å². The number of benzene rings is 1. The number of anilines is 1. The van der Waals surface area contributed by atoms with Crippen LogP contribution in [0.1, 0.15) is 48.1 Å². The quantitative estimate of drug-likeness (QED) is 0.631. The van der Waals surface area contributed by atoms with Crippen LogP contribution in [-0.2, 0) is 23.8 Å². The molecule has 2 aliphatic heterocycles. The Morgan fingerprint density at radius 3 is 2.68 bits per heavy atom. The molecule has 0 radical (unpaired) electrons. The van der Waals surface area contributed by atoms with Crippen LogP contribution in [0.4, 0.5) is 18.9 Å². The molecule has 3 heterocycles. The number of nitrogens with one attached hydrogen (secondary N) is 1. The number of carbonyl (C=O) groups excluding carboxylic acids is 1. The first kappa shape index (κ1) is 23.7. The van der Waals surface area contributed by atoms with Crippen molar-refractivity contribution >= 4 is 22.9 Å². The summed E-state index contributed by atoms with van der Waals surface area (Å²) >= 11 is 1.67. The molecule has 2 fully saturated rings. The summed E-state index contributed by atoms with van der Waals surface area (Å²) in [6, 6.07) is 8.66. The maximum absolute atomic E-state index is 13.4. The van der Waals surface area contributed by atoms with Gasteiger partial charge < -0.3 is 10.2 Å². The number of halogens is 3. The van der Waals surface area contributed by atoms with E-state index in [0.717, 1.165) is 31.7 Å². The largest absolute Gasteiger partial charge is 0.416 e. The Morgan fingerprint density at radius 2 is 1.94 bits per heavy atom. The monoisotopic (exact) mass is 491 g/mol. The van der Waals surface area contributed by atoms with Crippen molar-refractivity contribution in [1.29, 1.82) is 0 Å². The second-order valence-electron chi connectivity index (χ2n) is 9.82. The van der Waals surface area contributed by atoms with Crippen molar-refractivity contribution < 1.29 is 18.0 Å². The SMILES string of the molecule is O=C(NCCc1cccs1)[C@@H]1Cc2cc(C(F)(F)F)ccc2N2CCN(C3CCCCC3)C[C@H]12. The van der Waals surface area contributed by atoms with Gasteiger partial charge in [-0.1, -0.05) is 25.3 Å². The zero-order chi connectivity index (χ0) is 23.7. The number of rotatable bonds is 5. The van der Waals surface area contributed by atoms with E-state index in [0.29, 0.717) is 24.6 Å². The molecule has 5 rings (SSSR count). The molecule has 34 heavy (non-hydrogen) atoms. The van der Waals surface area contributed by atoms with Crippen LogP contribution < -0.4 is 10.2 Å². The van der Waals surface area contributed by atoms with E-state index in [1.165, 1.54) is 49.1 Å². The highest BCUT2D eigenvalue weighted by Crippen LogP contribution is 2.40. The molecule has 1 aliphatic carbocycles. The first-order chi connectivity index (χ1) is 16.4. The summed E-state index contributed by atoms with van der Waals surface area (Å²) in [7, 11) is 0. The lowest BCUT2D eigenvalue weighted by Gasteiger charge is -2.51. The maximum Gasteiger partial charge on any atom is 0.416 e. The molecular weight excluding hydrogens is 459 g/mol. The normalized spacial score (nSPS) is 23.9. The molecule has 1 saturated heterocycles. The lowest BCUT2D eigenvalue weighted by molar-refractivity contribution is -0.137. The Labute approximate surface area is 203 Å². The lowest BCUT2D eigenvalue weighted by atomic mass is 9.82. The van der Waals surface area contributed by atoms with E-state index < -0.39 is 11.7 Å². The molecule has 1 aromatic heterocycles. The van der Waals surface area contributed by atoms with Gasteiger partial charge in [-0.15, -0.1) is 11.3 Å². The standard InChI is InChI=1S/C26H32F3N3OS/c27-26(28,29)19-8-9-23-18(15-19)16-22(25(33)30-11-10-21-7-4-14-34-21)24-17-31(12-13-32(23)24)20-5-2-1-3-6-20/h4,7-9,14-15,20,22,24H,1-3,5-6,10-13,16-17H2,(H,30,33)/t22-,24-/m1/s1. The van der Waals surface area contributed by atoms with Crippen LogP contribution in [0.3, 0.4) is 0 Å². The molecule has 0 spiro atoms. The number of alkyl halides is 3. The number of carbonyl (C=O) groups is 1. The molecule has 0 unspecified atom stereocenters. The fourth-order valence-electron chi connectivity index (χ4n) is 5.99. The lowest BCUT2D eigenvalue weighted by Crippen LogP contribution is -2.62. The van der Waals surface area contributed by atoms with Crippen molar-refractivity contribution in [2.24, 2.45) is 5.92 Å². The number of thiophene rings is 1. The Bertz CT molecular complexity index is 988. The molecule has 1 saturated carbocycles. The average molecular weight is 492 g/mol. The van der Waals surface area contributed by atoms with Crippen LogP contribution >= 0.6 is 11.3 Å². The van der Waals surface area contributed by atoms with E-state index in [-0.39, 0.29) is 17.9 Å². The number of fused-ring (bicyclic) bond motifs is 3. The van der Waals surface area contributed by atoms with Crippen LogP contribution in [-0.4, -0.2) is 49.1 Å². The first-order valence-electron chi connectivity index (χ1n) is 12.4. The minimum atomic E-state index is -4.38. The van der Waals surface area contributed by atoms with Gasteiger partial charge in [0.05, 0.1) is 17.5 Å². The number of nitrogens with zero attached hydrogens (tertiary/aromatic N) is 2. The van der Waals surface area contributed by atoms with Crippen molar-refractivity contribution in [2.75, 3.05) is 31.1 Å². The number of amides is 1. The number of hydrogen-bond acceptors (Lipinski definition) is 4. The van der Waals surface area contributed by atoms with E-state index in [9.17, 15) is 18.0 Å². The van der Waals surface area contributed by atoms with Gasteiger partial charge in [0, 0.05) is 42.8 Å². The summed E-state index contributed by atoms with van der Waals surface area (Å²) in [5, 5.41) is 5.12. The molecule has 1 aromatic carbocycles. The third kappa shape index (κ3) is 4.98. The fourth-order valence-corrected chi connectivity index (χ4v) is 6.70. The van der Waals surface area contributed by atoms with Crippen LogP contribution in [0, 0.1) is 5.92 Å². The molecular formula is C26H32F3N3OS. The average Bonchev–Trinajstić information content (AvgIpc) is 3.36. The van der Waals surface area contributed by atoms with Gasteiger partial charge >= 0.3 is 6.18 Å². The van der Waals surface area contributed by atoms with Gasteiger partial charge in [0.25, 0.3) is 0 Å². The third-order valence-electron chi connectivity index (χ3n) is 7.75. The Hall–Kier alpha value is -2.06. The molecule has 4 nitrogen and oxygen atoms in total. The minimum absolute atomic E-state index is 0.0124. The van der Waals surface area contributed by atoms with Gasteiger partial charge in [-0.25, -0.2) is 0 Å². The van der Waals surface area contributed by atoms with Crippen LogP contribution in [0.25, 0.3) is 0 Å². The van der Waals surface area contributed by atoms with Gasteiger partial charge in [-0.05, 0) is 60.9 Å². The van der Waals surface area contributed by atoms with Gasteiger partial charge in [-0.2, -0.15) is 13.2 Å². The highest BCUT2D eigenvalue weighted by atomic mass is 32.1. The van der Waals surface area contributed by atoms with E-state index in [1.54, 1.807) is 17.4 Å². The van der Waals surface area contributed by atoms with Crippen LogP contribution in [0.15, 0.2) is 35.7 Å². The third-order valence-corrected chi connectivity index (χ3v) is 8.69. The number of hydrogen-bond donors (Lipinski definition) is 1. The van der Waals surface area contributed by atoms with Crippen molar-refractivity contribution in [1.82, 2.24) is 10.2 Å². The van der Waals surface area contributed by atoms with Crippen molar-refractivity contribution in [2.45, 2.75) is 63.2 Å². The highest BCUT2D eigenvalue weighted by molar-refractivity contribution is 7.09. The van der Waals surface area contributed by atoms with Crippen LogP contribution in [0.5, 0.6) is 0 Å². The fraction of sp³-hybridized carbons (Fsp3) is 0.577. The first-order valence-corrected chi connectivity index (χ1v) is 13.3. The van der Waals surface area contributed by atoms with Crippen LogP contribution in [0.2, 0.25) is 0 Å². The van der Waals surface area contributed by atoms with Crippen molar-refractivity contribution in [3.8, 4) is 0 Å². The minimum Gasteiger partial charge on any atom is -0.365 e. The smallest absolute Gasteiger partial charge is 0.365 e. The molecule has 8 heteroatoms. The predicted octanol–water partition coefficient (Wildman–Crippen LogP) is 5.12. The molecule has 184 valence electrons. The molecule has 2 atom stereocenters. The number of piperazine rings is 1. The Morgan fingerprint density at radius 1 is 1.12 bits per heavy atom. The van der Waals surface area contributed by atoms with E-state index >= 15 is 0 Å². The van der Waals surface area contributed by atoms with Gasteiger partial charge in [0.1, 0.15) is 0 Å². The zero-order valence-corrected chi connectivity index (χ0v) is 20.1. The van der Waals surface area contributed by atoms with Crippen molar-refractivity contribution in [3.63, 3.8) is 0 Å². The van der Waals surface area contributed by atoms with E-state index in [2.05, 4.69) is 21.2 Å². The topological polar surface area (TPSA) is 35.6 Å². The molecule has 3 aliphatic rings. The summed E-state index contributed by atoms with van der Waals surface area (Å²) in [5.74, 6) is -0.397. The van der Waals surface area contributed by atoms with E-state index in [4.69, 9.17) is 0 Å². The summed E-state index contributed by atoms with van der Waals surface area (Å²) in [6.07, 6.45) is 2.95. The summed E-state index contributed by atoms with van der Waals surface area (Å²) in [4.78, 5) is 19.3. The Kier molecular flexibility index (Phi) is 6.89. The zero-order valence-electron chi connectivity index (χ0n) is 19.3. The summed E-state index contributed by atoms with van der Waals surface area (Å²) in [6.45, 7) is 2.99. The second kappa shape index (κ2) is 9.90.